The number of methoxy groups -OCH3 is 1. The van der Waals surface area contributed by atoms with E-state index in [0.29, 0.717) is 17.9 Å². The molecular formula is C17H19N2O5S2. The van der Waals surface area contributed by atoms with E-state index in [1.165, 1.54) is 29.2 Å². The highest BCUT2D eigenvalue weighted by Gasteiger charge is 2.37. The molecule has 26 heavy (non-hydrogen) atoms. The molecule has 0 spiro atoms. The van der Waals surface area contributed by atoms with E-state index in [1.54, 1.807) is 36.4 Å². The van der Waals surface area contributed by atoms with Gasteiger partial charge in [-0.3, -0.25) is 5.21 Å². The van der Waals surface area contributed by atoms with Gasteiger partial charge in [0.25, 0.3) is 0 Å². The third-order valence-electron chi connectivity index (χ3n) is 4.17. The standard InChI is InChI=1S/C17H19N2O5S2/c1-12-3-6-14(7-4-12)26(22,23)18-9-10-25-17(18)13-5-8-16(24-2)15(11-13)19(20)21/h3-8,11,17,20H,9-10H2,1-2H3. The Balaban J connectivity index is 1.98. The lowest BCUT2D eigenvalue weighted by Crippen LogP contribution is -2.30. The largest absolute Gasteiger partial charge is 0.494 e. The summed E-state index contributed by atoms with van der Waals surface area (Å²) in [4.78, 5) is 0.233. The van der Waals surface area contributed by atoms with Crippen molar-refractivity contribution in [3.05, 3.63) is 53.6 Å². The van der Waals surface area contributed by atoms with E-state index in [1.807, 2.05) is 6.92 Å². The fourth-order valence-corrected chi connectivity index (χ4v) is 6.05. The number of hydrogen-bond donors (Lipinski definition) is 1. The Kier molecular flexibility index (Phi) is 5.44. The molecule has 1 atom stereocenters. The summed E-state index contributed by atoms with van der Waals surface area (Å²) in [7, 11) is -2.29. The summed E-state index contributed by atoms with van der Waals surface area (Å²) in [6.45, 7) is 2.26. The number of nitrogens with zero attached hydrogens (tertiary/aromatic N) is 2. The van der Waals surface area contributed by atoms with Crippen LogP contribution in [-0.2, 0) is 15.2 Å². The first-order valence-electron chi connectivity index (χ1n) is 7.89. The summed E-state index contributed by atoms with van der Waals surface area (Å²) < 4.78 is 32.6. The van der Waals surface area contributed by atoms with Gasteiger partial charge in [0.15, 0.2) is 0 Å². The van der Waals surface area contributed by atoms with Crippen LogP contribution in [0.3, 0.4) is 0 Å². The molecule has 1 heterocycles. The highest BCUT2D eigenvalue weighted by atomic mass is 32.2. The molecule has 139 valence electrons. The molecule has 3 rings (SSSR count). The molecule has 9 heteroatoms. The van der Waals surface area contributed by atoms with Gasteiger partial charge >= 0.3 is 0 Å². The second kappa shape index (κ2) is 7.45. The zero-order valence-corrected chi connectivity index (χ0v) is 16.0. The van der Waals surface area contributed by atoms with Gasteiger partial charge in [0.2, 0.25) is 10.0 Å². The summed E-state index contributed by atoms with van der Waals surface area (Å²) in [6.07, 6.45) is 0. The van der Waals surface area contributed by atoms with Crippen molar-refractivity contribution in [2.24, 2.45) is 0 Å². The fraction of sp³-hybridized carbons (Fsp3) is 0.294. The molecule has 1 aliphatic rings. The Labute approximate surface area is 156 Å². The molecule has 0 aliphatic carbocycles. The van der Waals surface area contributed by atoms with Crippen molar-refractivity contribution in [3.8, 4) is 5.75 Å². The number of hydrogen-bond acceptors (Lipinski definition) is 6. The van der Waals surface area contributed by atoms with Crippen LogP contribution in [0.5, 0.6) is 5.75 Å². The minimum atomic E-state index is -3.67. The molecule has 2 aromatic carbocycles. The van der Waals surface area contributed by atoms with E-state index >= 15 is 0 Å². The second-order valence-electron chi connectivity index (χ2n) is 5.86. The Morgan fingerprint density at radius 2 is 1.92 bits per heavy atom. The van der Waals surface area contributed by atoms with Crippen LogP contribution in [0.1, 0.15) is 16.5 Å². The third kappa shape index (κ3) is 3.53. The first kappa shape index (κ1) is 19.0. The average molecular weight is 395 g/mol. The number of thioether (sulfide) groups is 1. The van der Waals surface area contributed by atoms with Gasteiger partial charge in [-0.05, 0) is 36.8 Å². The molecule has 7 nitrogen and oxygen atoms in total. The van der Waals surface area contributed by atoms with Crippen LogP contribution in [0.4, 0.5) is 5.69 Å². The maximum atomic E-state index is 13.0. The monoisotopic (exact) mass is 395 g/mol. The minimum absolute atomic E-state index is 0.0646. The summed E-state index contributed by atoms with van der Waals surface area (Å²) in [5.74, 6) is 0.847. The summed E-state index contributed by atoms with van der Waals surface area (Å²) in [6, 6.07) is 11.4. The van der Waals surface area contributed by atoms with Crippen LogP contribution in [0.15, 0.2) is 47.4 Å². The van der Waals surface area contributed by atoms with Gasteiger partial charge in [-0.2, -0.15) is 4.31 Å². The van der Waals surface area contributed by atoms with Crippen LogP contribution >= 0.6 is 11.8 Å². The van der Waals surface area contributed by atoms with E-state index in [4.69, 9.17) is 4.74 Å². The van der Waals surface area contributed by atoms with E-state index in [2.05, 4.69) is 0 Å². The smallest absolute Gasteiger partial charge is 0.244 e. The average Bonchev–Trinajstić information content (AvgIpc) is 3.12. The highest BCUT2D eigenvalue weighted by molar-refractivity contribution is 8.01. The molecule has 1 radical (unpaired) electrons. The van der Waals surface area contributed by atoms with E-state index in [0.717, 1.165) is 5.56 Å². The van der Waals surface area contributed by atoms with Crippen LogP contribution in [0, 0.1) is 6.92 Å². The maximum absolute atomic E-state index is 13.0. The Hall–Kier alpha value is -1.78. The summed E-state index contributed by atoms with van der Waals surface area (Å²) in [5, 5.41) is 19.9. The number of rotatable bonds is 5. The maximum Gasteiger partial charge on any atom is 0.244 e. The normalized spacial score (nSPS) is 18.1. The zero-order chi connectivity index (χ0) is 18.9. The van der Waals surface area contributed by atoms with Crippen molar-refractivity contribution in [1.29, 1.82) is 0 Å². The number of benzene rings is 2. The first-order chi connectivity index (χ1) is 12.3. The molecule has 1 aliphatic heterocycles. The minimum Gasteiger partial charge on any atom is -0.494 e. The molecule has 0 amide bonds. The molecular weight excluding hydrogens is 376 g/mol. The molecule has 0 saturated carbocycles. The second-order valence-corrected chi connectivity index (χ2v) is 8.93. The molecule has 1 saturated heterocycles. The highest BCUT2D eigenvalue weighted by Crippen LogP contribution is 2.43. The van der Waals surface area contributed by atoms with Crippen LogP contribution in [0.2, 0.25) is 0 Å². The van der Waals surface area contributed by atoms with E-state index in [9.17, 15) is 18.8 Å². The molecule has 1 unspecified atom stereocenters. The van der Waals surface area contributed by atoms with Crippen molar-refractivity contribution >= 4 is 27.5 Å². The van der Waals surface area contributed by atoms with Crippen LogP contribution in [0.25, 0.3) is 0 Å². The first-order valence-corrected chi connectivity index (χ1v) is 10.4. The van der Waals surface area contributed by atoms with Crippen LogP contribution < -0.4 is 9.96 Å². The van der Waals surface area contributed by atoms with Gasteiger partial charge in [0.05, 0.1) is 17.4 Å². The number of aryl methyl sites for hydroxylation is 1. The Morgan fingerprint density at radius 1 is 1.23 bits per heavy atom. The van der Waals surface area contributed by atoms with Crippen molar-refractivity contribution in [1.82, 2.24) is 4.31 Å². The Morgan fingerprint density at radius 3 is 2.54 bits per heavy atom. The summed E-state index contributed by atoms with van der Waals surface area (Å²) >= 11 is 1.47. The molecule has 2 aromatic rings. The van der Waals surface area contributed by atoms with Crippen molar-refractivity contribution in [2.45, 2.75) is 17.2 Å². The Bertz CT molecular complexity index is 885. The molecule has 1 fully saturated rings. The third-order valence-corrected chi connectivity index (χ3v) is 7.44. The lowest BCUT2D eigenvalue weighted by Gasteiger charge is -2.24. The predicted octanol–water partition coefficient (Wildman–Crippen LogP) is 2.98. The van der Waals surface area contributed by atoms with Gasteiger partial charge < -0.3 is 4.74 Å². The molecule has 0 bridgehead atoms. The van der Waals surface area contributed by atoms with Gasteiger partial charge in [-0.25, -0.2) is 8.42 Å². The summed E-state index contributed by atoms with van der Waals surface area (Å²) in [5.41, 5.74) is 1.52. The van der Waals surface area contributed by atoms with Gasteiger partial charge in [-0.15, -0.1) is 11.8 Å². The zero-order valence-electron chi connectivity index (χ0n) is 14.3. The quantitative estimate of drug-likeness (QED) is 0.783. The lowest BCUT2D eigenvalue weighted by molar-refractivity contribution is -0.0277. The fourth-order valence-electron chi connectivity index (χ4n) is 2.82. The van der Waals surface area contributed by atoms with Crippen molar-refractivity contribution < 1.29 is 23.6 Å². The molecule has 1 N–H and O–H groups in total. The predicted molar refractivity (Wildman–Crippen MR) is 98.2 cm³/mol. The number of sulfonamides is 1. The van der Waals surface area contributed by atoms with Crippen LogP contribution in [-0.4, -0.2) is 37.3 Å². The number of ether oxygens (including phenoxy) is 1. The van der Waals surface area contributed by atoms with Gasteiger partial charge in [0, 0.05) is 12.3 Å². The van der Waals surface area contributed by atoms with E-state index in [-0.39, 0.29) is 21.6 Å². The van der Waals surface area contributed by atoms with Gasteiger partial charge in [0.1, 0.15) is 11.4 Å². The molecule has 0 aromatic heterocycles. The van der Waals surface area contributed by atoms with Crippen molar-refractivity contribution in [3.63, 3.8) is 0 Å². The number of anilines is 1. The van der Waals surface area contributed by atoms with Gasteiger partial charge in [-0.1, -0.05) is 34.2 Å². The van der Waals surface area contributed by atoms with Crippen molar-refractivity contribution in [2.75, 3.05) is 24.6 Å². The lowest BCUT2D eigenvalue weighted by atomic mass is 10.2. The van der Waals surface area contributed by atoms with E-state index < -0.39 is 15.4 Å². The topological polar surface area (TPSA) is 90.0 Å². The SMILES string of the molecule is COc1ccc(C2SCCN2S(=O)(=O)c2ccc(C)cc2)cc1N([O])O.